The van der Waals surface area contributed by atoms with E-state index in [0.29, 0.717) is 0 Å². The Labute approximate surface area is 161 Å². The zero-order valence-corrected chi connectivity index (χ0v) is 15.4. The number of nitrogens with zero attached hydrogens (tertiary/aromatic N) is 3. The number of aromatic nitrogens is 3. The molecule has 0 bridgehead atoms. The molecule has 4 aromatic rings. The van der Waals surface area contributed by atoms with Crippen LogP contribution in [0.4, 0.5) is 5.69 Å². The molecular formula is C19H13ClN4O2S. The second-order valence-corrected chi connectivity index (χ2v) is 7.82. The van der Waals surface area contributed by atoms with Crippen LogP contribution in [-0.4, -0.2) is 23.4 Å². The van der Waals surface area contributed by atoms with E-state index in [4.69, 9.17) is 11.6 Å². The summed E-state index contributed by atoms with van der Waals surface area (Å²) in [6.07, 6.45) is 4.80. The van der Waals surface area contributed by atoms with Crippen LogP contribution in [0.15, 0.2) is 78.2 Å². The molecule has 0 radical (unpaired) electrons. The lowest BCUT2D eigenvalue weighted by Crippen LogP contribution is -2.13. The van der Waals surface area contributed by atoms with Crippen LogP contribution in [0.1, 0.15) is 0 Å². The molecule has 0 atom stereocenters. The molecule has 0 saturated heterocycles. The summed E-state index contributed by atoms with van der Waals surface area (Å²) < 4.78 is 27.6. The van der Waals surface area contributed by atoms with Crippen LogP contribution in [0.2, 0.25) is 5.15 Å². The monoisotopic (exact) mass is 396 g/mol. The Balaban J connectivity index is 1.73. The SMILES string of the molecule is O=S(=O)(Nc1cc(-c2ccc3ncncc3c2)cnc1Cl)c1ccccc1. The smallest absolute Gasteiger partial charge is 0.261 e. The van der Waals surface area contributed by atoms with Crippen molar-refractivity contribution in [2.75, 3.05) is 4.72 Å². The number of hydrogen-bond donors (Lipinski definition) is 1. The van der Waals surface area contributed by atoms with Crippen LogP contribution in [0.3, 0.4) is 0 Å². The maximum atomic E-state index is 12.6. The molecule has 0 spiro atoms. The van der Waals surface area contributed by atoms with Crippen LogP contribution < -0.4 is 4.72 Å². The van der Waals surface area contributed by atoms with Crippen molar-refractivity contribution >= 4 is 38.2 Å². The molecule has 0 amide bonds. The lowest BCUT2D eigenvalue weighted by Gasteiger charge is -2.11. The van der Waals surface area contributed by atoms with Gasteiger partial charge >= 0.3 is 0 Å². The highest BCUT2D eigenvalue weighted by Gasteiger charge is 2.16. The van der Waals surface area contributed by atoms with Crippen molar-refractivity contribution in [2.24, 2.45) is 0 Å². The summed E-state index contributed by atoms with van der Waals surface area (Å²) in [6.45, 7) is 0. The molecule has 1 N–H and O–H groups in total. The molecule has 0 aliphatic rings. The first-order valence-electron chi connectivity index (χ1n) is 7.96. The van der Waals surface area contributed by atoms with Gasteiger partial charge < -0.3 is 0 Å². The highest BCUT2D eigenvalue weighted by molar-refractivity contribution is 7.92. The van der Waals surface area contributed by atoms with Gasteiger partial charge in [0.1, 0.15) is 6.33 Å². The maximum Gasteiger partial charge on any atom is 0.261 e. The van der Waals surface area contributed by atoms with Gasteiger partial charge in [0.15, 0.2) is 5.15 Å². The van der Waals surface area contributed by atoms with Crippen molar-refractivity contribution < 1.29 is 8.42 Å². The first kappa shape index (κ1) is 17.4. The van der Waals surface area contributed by atoms with Crippen molar-refractivity contribution in [3.63, 3.8) is 0 Å². The quantitative estimate of drug-likeness (QED) is 0.524. The van der Waals surface area contributed by atoms with Gasteiger partial charge in [0.2, 0.25) is 0 Å². The van der Waals surface area contributed by atoms with Crippen molar-refractivity contribution in [1.82, 2.24) is 15.0 Å². The fourth-order valence-electron chi connectivity index (χ4n) is 2.65. The summed E-state index contributed by atoms with van der Waals surface area (Å²) in [5.74, 6) is 0. The van der Waals surface area contributed by atoms with Gasteiger partial charge in [0.05, 0.1) is 16.1 Å². The van der Waals surface area contributed by atoms with E-state index >= 15 is 0 Å². The number of anilines is 1. The first-order chi connectivity index (χ1) is 13.0. The predicted molar refractivity (Wildman–Crippen MR) is 105 cm³/mol. The molecule has 0 unspecified atom stereocenters. The third kappa shape index (κ3) is 3.60. The summed E-state index contributed by atoms with van der Waals surface area (Å²) >= 11 is 6.11. The normalized spacial score (nSPS) is 11.4. The van der Waals surface area contributed by atoms with E-state index < -0.39 is 10.0 Å². The van der Waals surface area contributed by atoms with E-state index in [9.17, 15) is 8.42 Å². The minimum absolute atomic E-state index is 0.0716. The van der Waals surface area contributed by atoms with E-state index in [-0.39, 0.29) is 15.7 Å². The Bertz CT molecular complexity index is 1230. The Morgan fingerprint density at radius 2 is 1.70 bits per heavy atom. The third-order valence-electron chi connectivity index (χ3n) is 3.97. The third-order valence-corrected chi connectivity index (χ3v) is 5.66. The molecule has 2 aromatic heterocycles. The molecular weight excluding hydrogens is 384 g/mol. The molecule has 6 nitrogen and oxygen atoms in total. The van der Waals surface area contributed by atoms with E-state index in [1.165, 1.54) is 18.5 Å². The molecule has 27 heavy (non-hydrogen) atoms. The van der Waals surface area contributed by atoms with Gasteiger partial charge in [-0.25, -0.2) is 23.4 Å². The average molecular weight is 397 g/mol. The second kappa shape index (κ2) is 6.94. The largest absolute Gasteiger partial charge is 0.276 e. The van der Waals surface area contributed by atoms with Crippen LogP contribution in [0.5, 0.6) is 0 Å². The minimum Gasteiger partial charge on any atom is -0.276 e. The number of sulfonamides is 1. The summed E-state index contributed by atoms with van der Waals surface area (Å²) in [4.78, 5) is 12.5. The fraction of sp³-hybridized carbons (Fsp3) is 0. The molecule has 134 valence electrons. The average Bonchev–Trinajstić information content (AvgIpc) is 2.70. The lowest BCUT2D eigenvalue weighted by molar-refractivity contribution is 0.601. The number of nitrogens with one attached hydrogen (secondary N) is 1. The lowest BCUT2D eigenvalue weighted by atomic mass is 10.1. The molecule has 0 aliphatic heterocycles. The summed E-state index contributed by atoms with van der Waals surface area (Å²) in [5, 5.41) is 0.943. The standard InChI is InChI=1S/C19H13ClN4O2S/c20-19-18(24-27(25,26)16-4-2-1-3-5-16)9-14(11-22-19)13-6-7-17-15(8-13)10-21-12-23-17/h1-12,24H. The van der Waals surface area contributed by atoms with Crippen molar-refractivity contribution in [3.05, 3.63) is 78.5 Å². The second-order valence-electron chi connectivity index (χ2n) is 5.78. The number of halogens is 1. The highest BCUT2D eigenvalue weighted by Crippen LogP contribution is 2.29. The predicted octanol–water partition coefficient (Wildman–Crippen LogP) is 4.15. The number of benzene rings is 2. The topological polar surface area (TPSA) is 84.8 Å². The van der Waals surface area contributed by atoms with E-state index in [1.807, 2.05) is 18.2 Å². The van der Waals surface area contributed by atoms with Gasteiger partial charge in [-0.1, -0.05) is 35.9 Å². The van der Waals surface area contributed by atoms with Crippen LogP contribution in [-0.2, 0) is 10.0 Å². The Hall–Kier alpha value is -3.03. The number of hydrogen-bond acceptors (Lipinski definition) is 5. The molecule has 2 aromatic carbocycles. The number of fused-ring (bicyclic) bond motifs is 1. The summed E-state index contributed by atoms with van der Waals surface area (Å²) in [5.41, 5.74) is 2.60. The van der Waals surface area contributed by atoms with E-state index in [1.54, 1.807) is 36.7 Å². The molecule has 0 aliphatic carbocycles. The van der Waals surface area contributed by atoms with Gasteiger partial charge in [-0.2, -0.15) is 0 Å². The van der Waals surface area contributed by atoms with E-state index in [0.717, 1.165) is 22.0 Å². The molecule has 0 fully saturated rings. The van der Waals surface area contributed by atoms with Crippen molar-refractivity contribution in [2.45, 2.75) is 4.90 Å². The fourth-order valence-corrected chi connectivity index (χ4v) is 3.93. The first-order valence-corrected chi connectivity index (χ1v) is 9.83. The van der Waals surface area contributed by atoms with Gasteiger partial charge in [-0.05, 0) is 35.9 Å². The molecule has 4 rings (SSSR count). The zero-order valence-electron chi connectivity index (χ0n) is 13.9. The summed E-state index contributed by atoms with van der Waals surface area (Å²) in [6, 6.07) is 15.4. The number of rotatable bonds is 4. The van der Waals surface area contributed by atoms with Gasteiger partial charge in [0.25, 0.3) is 10.0 Å². The molecule has 2 heterocycles. The minimum atomic E-state index is -3.76. The van der Waals surface area contributed by atoms with Crippen LogP contribution >= 0.6 is 11.6 Å². The highest BCUT2D eigenvalue weighted by atomic mass is 35.5. The van der Waals surface area contributed by atoms with Gasteiger partial charge in [-0.3, -0.25) is 4.72 Å². The van der Waals surface area contributed by atoms with Gasteiger partial charge in [-0.15, -0.1) is 0 Å². The molecule has 0 saturated carbocycles. The zero-order chi connectivity index (χ0) is 18.9. The van der Waals surface area contributed by atoms with E-state index in [2.05, 4.69) is 19.7 Å². The van der Waals surface area contributed by atoms with Crippen LogP contribution in [0.25, 0.3) is 22.0 Å². The van der Waals surface area contributed by atoms with Crippen molar-refractivity contribution in [1.29, 1.82) is 0 Å². The van der Waals surface area contributed by atoms with Crippen molar-refractivity contribution in [3.8, 4) is 11.1 Å². The molecule has 8 heteroatoms. The maximum absolute atomic E-state index is 12.6. The number of pyridine rings is 1. The Kier molecular flexibility index (Phi) is 4.47. The Morgan fingerprint density at radius 3 is 2.52 bits per heavy atom. The van der Waals surface area contributed by atoms with Crippen LogP contribution in [0, 0.1) is 0 Å². The summed E-state index contributed by atoms with van der Waals surface area (Å²) in [7, 11) is -3.76. The van der Waals surface area contributed by atoms with Gasteiger partial charge in [0, 0.05) is 23.3 Å². The Morgan fingerprint density at radius 1 is 0.889 bits per heavy atom.